The minimum Gasteiger partial charge on any atom is -0.348 e. The number of benzene rings is 1. The van der Waals surface area contributed by atoms with Crippen LogP contribution in [-0.4, -0.2) is 21.3 Å². The van der Waals surface area contributed by atoms with Crippen molar-refractivity contribution in [3.63, 3.8) is 0 Å². The number of pyridine rings is 1. The third-order valence-corrected chi connectivity index (χ3v) is 4.53. The number of hydrogen-bond acceptors (Lipinski definition) is 2. The largest absolute Gasteiger partial charge is 0.348 e. The smallest absolute Gasteiger partial charge is 0.271 e. The summed E-state index contributed by atoms with van der Waals surface area (Å²) in [4.78, 5) is 16.7. The molecule has 0 atom stereocenters. The zero-order valence-electron chi connectivity index (χ0n) is 13.2. The van der Waals surface area contributed by atoms with E-state index in [1.807, 2.05) is 28.8 Å². The average molecular weight is 323 g/mol. The Labute approximate surface area is 139 Å². The third kappa shape index (κ3) is 2.89. The van der Waals surface area contributed by atoms with Crippen molar-refractivity contribution in [2.75, 3.05) is 0 Å². The summed E-state index contributed by atoms with van der Waals surface area (Å²) >= 11 is 0. The van der Waals surface area contributed by atoms with E-state index in [4.69, 9.17) is 0 Å². The van der Waals surface area contributed by atoms with E-state index in [2.05, 4.69) is 10.3 Å². The first-order chi connectivity index (χ1) is 11.7. The lowest BCUT2D eigenvalue weighted by atomic mass is 10.1. The van der Waals surface area contributed by atoms with Gasteiger partial charge in [-0.1, -0.05) is 25.0 Å². The van der Waals surface area contributed by atoms with Crippen molar-refractivity contribution in [1.29, 1.82) is 0 Å². The molecular weight excluding hydrogens is 305 g/mol. The van der Waals surface area contributed by atoms with Gasteiger partial charge in [-0.15, -0.1) is 0 Å². The predicted molar refractivity (Wildman–Crippen MR) is 90.3 cm³/mol. The minimum atomic E-state index is -0.269. The Balaban J connectivity index is 1.62. The molecule has 24 heavy (non-hydrogen) atoms. The number of nitrogens with one attached hydrogen (secondary N) is 1. The van der Waals surface area contributed by atoms with Crippen LogP contribution >= 0.6 is 0 Å². The molecule has 2 heterocycles. The molecule has 4 nitrogen and oxygen atoms in total. The van der Waals surface area contributed by atoms with Gasteiger partial charge in [0.2, 0.25) is 0 Å². The molecule has 2 aromatic heterocycles. The quantitative estimate of drug-likeness (QED) is 0.796. The number of aromatic nitrogens is 2. The number of fused-ring (bicyclic) bond motifs is 1. The molecule has 0 unspecified atom stereocenters. The number of carbonyl (C=O) groups excluding carboxylic acids is 1. The lowest BCUT2D eigenvalue weighted by molar-refractivity contribution is 0.0933. The van der Waals surface area contributed by atoms with Crippen LogP contribution in [0.3, 0.4) is 0 Å². The Morgan fingerprint density at radius 1 is 1.12 bits per heavy atom. The Morgan fingerprint density at radius 2 is 1.96 bits per heavy atom. The molecule has 0 aliphatic heterocycles. The van der Waals surface area contributed by atoms with Gasteiger partial charge in [-0.3, -0.25) is 4.79 Å². The van der Waals surface area contributed by atoms with Gasteiger partial charge in [0, 0.05) is 18.4 Å². The summed E-state index contributed by atoms with van der Waals surface area (Å²) in [5.74, 6) is -0.396. The average Bonchev–Trinajstić information content (AvgIpc) is 3.23. The molecule has 0 spiro atoms. The minimum absolute atomic E-state index is 0.127. The SMILES string of the molecule is O=C(NC1CCCC1)c1cn2cc(-c3cccc(F)c3)ccc2n1. The molecule has 0 bridgehead atoms. The van der Waals surface area contributed by atoms with Crippen LogP contribution in [-0.2, 0) is 0 Å². The monoisotopic (exact) mass is 323 g/mol. The van der Waals surface area contributed by atoms with Crippen molar-refractivity contribution in [3.05, 3.63) is 60.3 Å². The second-order valence-electron chi connectivity index (χ2n) is 6.27. The molecule has 5 heteroatoms. The molecule has 1 amide bonds. The standard InChI is InChI=1S/C19H18FN3O/c20-15-5-3-4-13(10-15)14-8-9-18-22-17(12-23(18)11-14)19(24)21-16-6-1-2-7-16/h3-5,8-12,16H,1-2,6-7H2,(H,21,24). The van der Waals surface area contributed by atoms with E-state index in [0.717, 1.165) is 24.0 Å². The van der Waals surface area contributed by atoms with Crippen LogP contribution in [0, 0.1) is 5.82 Å². The number of rotatable bonds is 3. The van der Waals surface area contributed by atoms with Gasteiger partial charge in [0.05, 0.1) is 0 Å². The molecule has 4 rings (SSSR count). The van der Waals surface area contributed by atoms with Crippen molar-refractivity contribution in [1.82, 2.24) is 14.7 Å². The number of halogens is 1. The first-order valence-corrected chi connectivity index (χ1v) is 8.24. The first-order valence-electron chi connectivity index (χ1n) is 8.24. The number of amides is 1. The number of carbonyl (C=O) groups is 1. The maximum atomic E-state index is 13.4. The first kappa shape index (κ1) is 14.9. The molecule has 1 aliphatic carbocycles. The Morgan fingerprint density at radius 3 is 2.75 bits per heavy atom. The van der Waals surface area contributed by atoms with E-state index in [0.29, 0.717) is 11.3 Å². The van der Waals surface area contributed by atoms with Crippen molar-refractivity contribution in [3.8, 4) is 11.1 Å². The Kier molecular flexibility index (Phi) is 3.76. The number of hydrogen-bond donors (Lipinski definition) is 1. The van der Waals surface area contributed by atoms with Gasteiger partial charge in [-0.05, 0) is 48.2 Å². The van der Waals surface area contributed by atoms with Crippen LogP contribution in [0.5, 0.6) is 0 Å². The fraction of sp³-hybridized carbons (Fsp3) is 0.263. The van der Waals surface area contributed by atoms with Crippen LogP contribution in [0.25, 0.3) is 16.8 Å². The zero-order valence-corrected chi connectivity index (χ0v) is 13.2. The summed E-state index contributed by atoms with van der Waals surface area (Å²) < 4.78 is 15.2. The van der Waals surface area contributed by atoms with E-state index in [-0.39, 0.29) is 17.8 Å². The van der Waals surface area contributed by atoms with Crippen molar-refractivity contribution < 1.29 is 9.18 Å². The van der Waals surface area contributed by atoms with E-state index < -0.39 is 0 Å². The molecule has 0 saturated heterocycles. The second kappa shape index (κ2) is 6.07. The van der Waals surface area contributed by atoms with Gasteiger partial charge in [-0.25, -0.2) is 9.37 Å². The highest BCUT2D eigenvalue weighted by atomic mass is 19.1. The van der Waals surface area contributed by atoms with Gasteiger partial charge in [0.25, 0.3) is 5.91 Å². The molecule has 0 radical (unpaired) electrons. The van der Waals surface area contributed by atoms with E-state index in [9.17, 15) is 9.18 Å². The van der Waals surface area contributed by atoms with Crippen LogP contribution in [0.15, 0.2) is 48.8 Å². The van der Waals surface area contributed by atoms with Crippen LogP contribution in [0.4, 0.5) is 4.39 Å². The molecule has 1 fully saturated rings. The second-order valence-corrected chi connectivity index (χ2v) is 6.27. The van der Waals surface area contributed by atoms with Crippen molar-refractivity contribution in [2.24, 2.45) is 0 Å². The molecule has 122 valence electrons. The van der Waals surface area contributed by atoms with E-state index in [1.165, 1.54) is 25.0 Å². The topological polar surface area (TPSA) is 46.4 Å². The van der Waals surface area contributed by atoms with Crippen LogP contribution < -0.4 is 5.32 Å². The molecular formula is C19H18FN3O. The lowest BCUT2D eigenvalue weighted by Gasteiger charge is -2.09. The highest BCUT2D eigenvalue weighted by Crippen LogP contribution is 2.21. The Hall–Kier alpha value is -2.69. The van der Waals surface area contributed by atoms with Gasteiger partial charge in [0.1, 0.15) is 17.2 Å². The lowest BCUT2D eigenvalue weighted by Crippen LogP contribution is -2.32. The zero-order chi connectivity index (χ0) is 16.5. The van der Waals surface area contributed by atoms with Gasteiger partial charge in [-0.2, -0.15) is 0 Å². The fourth-order valence-electron chi connectivity index (χ4n) is 3.27. The van der Waals surface area contributed by atoms with Gasteiger partial charge < -0.3 is 9.72 Å². The number of nitrogens with zero attached hydrogens (tertiary/aromatic N) is 2. The van der Waals surface area contributed by atoms with Crippen LogP contribution in [0.1, 0.15) is 36.2 Å². The molecule has 1 aliphatic rings. The van der Waals surface area contributed by atoms with Gasteiger partial charge >= 0.3 is 0 Å². The normalized spacial score (nSPS) is 15.0. The van der Waals surface area contributed by atoms with E-state index >= 15 is 0 Å². The predicted octanol–water partition coefficient (Wildman–Crippen LogP) is 3.81. The summed E-state index contributed by atoms with van der Waals surface area (Å²) in [6.45, 7) is 0. The highest BCUT2D eigenvalue weighted by molar-refractivity contribution is 5.93. The molecule has 3 aromatic rings. The van der Waals surface area contributed by atoms with Gasteiger partial charge in [0.15, 0.2) is 0 Å². The maximum Gasteiger partial charge on any atom is 0.271 e. The third-order valence-electron chi connectivity index (χ3n) is 4.53. The highest BCUT2D eigenvalue weighted by Gasteiger charge is 2.19. The summed E-state index contributed by atoms with van der Waals surface area (Å²) in [5, 5.41) is 3.05. The molecule has 1 saturated carbocycles. The summed E-state index contributed by atoms with van der Waals surface area (Å²) in [7, 11) is 0. The summed E-state index contributed by atoms with van der Waals surface area (Å²) in [6, 6.07) is 10.4. The van der Waals surface area contributed by atoms with E-state index in [1.54, 1.807) is 12.3 Å². The Bertz CT molecular complexity index is 897. The van der Waals surface area contributed by atoms with Crippen molar-refractivity contribution in [2.45, 2.75) is 31.7 Å². The molecule has 1 aromatic carbocycles. The summed E-state index contributed by atoms with van der Waals surface area (Å²) in [6.07, 6.45) is 8.03. The van der Waals surface area contributed by atoms with Crippen LogP contribution in [0.2, 0.25) is 0 Å². The van der Waals surface area contributed by atoms with Crippen molar-refractivity contribution >= 4 is 11.6 Å². The summed E-state index contributed by atoms with van der Waals surface area (Å²) in [5.41, 5.74) is 2.79. The number of imidazole rings is 1. The maximum absolute atomic E-state index is 13.4. The molecule has 1 N–H and O–H groups in total. The fourth-order valence-corrected chi connectivity index (χ4v) is 3.27.